The van der Waals surface area contributed by atoms with Gasteiger partial charge in [0, 0.05) is 29.3 Å². The van der Waals surface area contributed by atoms with E-state index in [1.54, 1.807) is 29.4 Å². The number of benzene rings is 2. The zero-order valence-corrected chi connectivity index (χ0v) is 21.5. The number of anilines is 1. The third kappa shape index (κ3) is 5.20. The number of aliphatic hydroxyl groups is 3. The molecular weight excluding hydrogens is 496 g/mol. The fourth-order valence-corrected chi connectivity index (χ4v) is 4.98. The predicted octanol–water partition coefficient (Wildman–Crippen LogP) is 2.51. The van der Waals surface area contributed by atoms with Gasteiger partial charge in [0.1, 0.15) is 5.69 Å². The topological polar surface area (TPSA) is 128 Å². The summed E-state index contributed by atoms with van der Waals surface area (Å²) >= 11 is 0. The molecule has 0 aliphatic carbocycles. The van der Waals surface area contributed by atoms with Crippen molar-refractivity contribution in [3.8, 4) is 11.1 Å². The van der Waals surface area contributed by atoms with Gasteiger partial charge in [-0.2, -0.15) is 0 Å². The lowest BCUT2D eigenvalue weighted by Crippen LogP contribution is -2.47. The van der Waals surface area contributed by atoms with Crippen molar-refractivity contribution in [1.82, 2.24) is 14.9 Å². The van der Waals surface area contributed by atoms with E-state index in [-0.39, 0.29) is 12.5 Å². The number of hydrogen-bond donors (Lipinski definition) is 4. The minimum absolute atomic E-state index is 0.154. The van der Waals surface area contributed by atoms with Crippen LogP contribution in [0.4, 0.5) is 5.69 Å². The number of aromatic nitrogens is 2. The predicted molar refractivity (Wildman–Crippen MR) is 146 cm³/mol. The first-order valence-electron chi connectivity index (χ1n) is 12.7. The van der Waals surface area contributed by atoms with Gasteiger partial charge in [0.2, 0.25) is 0 Å². The van der Waals surface area contributed by atoms with Gasteiger partial charge in [-0.1, -0.05) is 24.3 Å². The summed E-state index contributed by atoms with van der Waals surface area (Å²) in [4.78, 5) is 32.8. The van der Waals surface area contributed by atoms with E-state index in [1.807, 2.05) is 66.1 Å². The van der Waals surface area contributed by atoms with Gasteiger partial charge in [-0.3, -0.25) is 14.6 Å². The highest BCUT2D eigenvalue weighted by molar-refractivity contribution is 6.07. The number of fused-ring (bicyclic) bond motifs is 2. The second kappa shape index (κ2) is 11.2. The summed E-state index contributed by atoms with van der Waals surface area (Å²) in [5.74, 6) is -0.647. The molecule has 0 fully saturated rings. The fourth-order valence-electron chi connectivity index (χ4n) is 4.98. The van der Waals surface area contributed by atoms with Crippen molar-refractivity contribution in [1.29, 1.82) is 0 Å². The summed E-state index contributed by atoms with van der Waals surface area (Å²) in [7, 11) is 0. The van der Waals surface area contributed by atoms with Crippen LogP contribution in [0, 0.1) is 6.92 Å². The van der Waals surface area contributed by atoms with Crippen molar-refractivity contribution >= 4 is 17.5 Å². The Balaban J connectivity index is 1.47. The Morgan fingerprint density at radius 2 is 1.74 bits per heavy atom. The number of rotatable bonds is 7. The molecule has 2 aromatic carbocycles. The summed E-state index contributed by atoms with van der Waals surface area (Å²) in [6.07, 6.45) is 2.19. The molecule has 2 atom stereocenters. The van der Waals surface area contributed by atoms with Crippen LogP contribution in [0.15, 0.2) is 79.1 Å². The van der Waals surface area contributed by atoms with Crippen LogP contribution in [0.5, 0.6) is 0 Å². The lowest BCUT2D eigenvalue weighted by Gasteiger charge is -2.23. The van der Waals surface area contributed by atoms with Crippen LogP contribution < -0.4 is 10.2 Å². The van der Waals surface area contributed by atoms with E-state index in [0.29, 0.717) is 17.8 Å². The van der Waals surface area contributed by atoms with E-state index in [2.05, 4.69) is 10.3 Å². The van der Waals surface area contributed by atoms with E-state index in [9.17, 15) is 24.9 Å². The number of pyridine rings is 1. The number of carbonyl (C=O) groups excluding carboxylic acids is 2. The largest absolute Gasteiger partial charge is 0.394 e. The maximum absolute atomic E-state index is 13.9. The summed E-state index contributed by atoms with van der Waals surface area (Å²) in [6, 6.07) is 19.6. The van der Waals surface area contributed by atoms with Gasteiger partial charge >= 0.3 is 0 Å². The van der Waals surface area contributed by atoms with E-state index < -0.39 is 31.3 Å². The smallest absolute Gasteiger partial charge is 0.268 e. The summed E-state index contributed by atoms with van der Waals surface area (Å²) in [5.41, 5.74) is 6.31. The Kier molecular flexibility index (Phi) is 7.56. The zero-order chi connectivity index (χ0) is 27.5. The Labute approximate surface area is 226 Å². The van der Waals surface area contributed by atoms with Crippen LogP contribution in [0.3, 0.4) is 0 Å². The number of hydrogen-bond acceptors (Lipinski definition) is 6. The van der Waals surface area contributed by atoms with Crippen molar-refractivity contribution in [3.63, 3.8) is 0 Å². The standard InChI is InChI=1S/C30H30N4O5/c1-19-14-21(6-8-24(19)20-10-12-31-13-11-20)30(39)34-16-23-7-9-27(29(38)32-25(17-35)28(37)18-36)33(23)15-22-4-2-3-5-26(22)34/h2-14,25,28,35-37H,15-18H2,1H3,(H,32,38). The SMILES string of the molecule is Cc1cc(C(=O)N2Cc3ccc(C(=O)NC(CO)C(O)CO)n3Cc3ccccc32)ccc1-c1ccncc1. The molecule has 39 heavy (non-hydrogen) atoms. The first-order valence-corrected chi connectivity index (χ1v) is 12.7. The molecule has 0 bridgehead atoms. The van der Waals surface area contributed by atoms with Crippen LogP contribution in [-0.2, 0) is 13.1 Å². The maximum Gasteiger partial charge on any atom is 0.268 e. The number of carbonyl (C=O) groups is 2. The molecule has 1 aliphatic heterocycles. The number of nitrogens with zero attached hydrogens (tertiary/aromatic N) is 3. The highest BCUT2D eigenvalue weighted by Gasteiger charge is 2.29. The van der Waals surface area contributed by atoms with E-state index in [1.165, 1.54) is 0 Å². The lowest BCUT2D eigenvalue weighted by molar-refractivity contribution is 0.0387. The minimum atomic E-state index is -1.29. The van der Waals surface area contributed by atoms with Crippen molar-refractivity contribution < 1.29 is 24.9 Å². The normalized spacial score (nSPS) is 14.1. The Hall–Kier alpha value is -4.31. The molecule has 9 nitrogen and oxygen atoms in total. The first-order chi connectivity index (χ1) is 18.9. The quantitative estimate of drug-likeness (QED) is 0.293. The van der Waals surface area contributed by atoms with E-state index in [0.717, 1.165) is 33.6 Å². The molecule has 200 valence electrons. The maximum atomic E-state index is 13.9. The lowest BCUT2D eigenvalue weighted by atomic mass is 9.98. The molecule has 0 saturated carbocycles. The second-order valence-electron chi connectivity index (χ2n) is 9.59. The molecule has 2 amide bonds. The molecule has 0 saturated heterocycles. The molecule has 0 radical (unpaired) electrons. The molecule has 4 N–H and O–H groups in total. The number of amides is 2. The van der Waals surface area contributed by atoms with E-state index in [4.69, 9.17) is 0 Å². The van der Waals surface area contributed by atoms with Crippen molar-refractivity contribution in [3.05, 3.63) is 107 Å². The van der Waals surface area contributed by atoms with Crippen molar-refractivity contribution in [2.45, 2.75) is 32.2 Å². The molecule has 2 aromatic heterocycles. The second-order valence-corrected chi connectivity index (χ2v) is 9.59. The van der Waals surface area contributed by atoms with Gasteiger partial charge in [-0.25, -0.2) is 0 Å². The molecule has 9 heteroatoms. The molecule has 2 unspecified atom stereocenters. The molecule has 1 aliphatic rings. The molecule has 3 heterocycles. The van der Waals surface area contributed by atoms with Gasteiger partial charge < -0.3 is 30.1 Å². The molecule has 4 aromatic rings. The summed E-state index contributed by atoms with van der Waals surface area (Å²) < 4.78 is 1.83. The number of nitrogens with one attached hydrogen (secondary N) is 1. The summed E-state index contributed by atoms with van der Waals surface area (Å²) in [6.45, 7) is 1.47. The number of para-hydroxylation sites is 1. The van der Waals surface area contributed by atoms with Crippen molar-refractivity contribution in [2.24, 2.45) is 0 Å². The van der Waals surface area contributed by atoms with Crippen LogP contribution in [0.2, 0.25) is 0 Å². The van der Waals surface area contributed by atoms with Crippen LogP contribution in [0.25, 0.3) is 11.1 Å². The average molecular weight is 527 g/mol. The zero-order valence-electron chi connectivity index (χ0n) is 21.5. The monoisotopic (exact) mass is 526 g/mol. The molecule has 5 rings (SSSR count). The van der Waals surface area contributed by atoms with Crippen LogP contribution >= 0.6 is 0 Å². The highest BCUT2D eigenvalue weighted by Crippen LogP contribution is 2.31. The van der Waals surface area contributed by atoms with Gasteiger partial charge in [0.15, 0.2) is 0 Å². The van der Waals surface area contributed by atoms with Crippen LogP contribution in [0.1, 0.15) is 37.7 Å². The first kappa shape index (κ1) is 26.3. The molecular formula is C30H30N4O5. The van der Waals surface area contributed by atoms with Gasteiger partial charge in [-0.05, 0) is 71.6 Å². The van der Waals surface area contributed by atoms with Crippen LogP contribution in [-0.4, -0.2) is 62.0 Å². The summed E-state index contributed by atoms with van der Waals surface area (Å²) in [5, 5.41) is 31.3. The molecule has 0 spiro atoms. The highest BCUT2D eigenvalue weighted by atomic mass is 16.3. The minimum Gasteiger partial charge on any atom is -0.394 e. The van der Waals surface area contributed by atoms with Gasteiger partial charge in [0.05, 0.1) is 38.4 Å². The Morgan fingerprint density at radius 1 is 0.974 bits per heavy atom. The third-order valence-electron chi connectivity index (χ3n) is 7.11. The third-order valence-corrected chi connectivity index (χ3v) is 7.11. The Morgan fingerprint density at radius 3 is 2.46 bits per heavy atom. The fraction of sp³-hybridized carbons (Fsp3) is 0.233. The average Bonchev–Trinajstić information content (AvgIpc) is 3.28. The number of aliphatic hydroxyl groups excluding tert-OH is 3. The Bertz CT molecular complexity index is 1500. The van der Waals surface area contributed by atoms with Crippen molar-refractivity contribution in [2.75, 3.05) is 18.1 Å². The number of aryl methyl sites for hydroxylation is 1. The van der Waals surface area contributed by atoms with Gasteiger partial charge in [0.25, 0.3) is 11.8 Å². The van der Waals surface area contributed by atoms with E-state index >= 15 is 0 Å². The van der Waals surface area contributed by atoms with Gasteiger partial charge in [-0.15, -0.1) is 0 Å².